The first-order chi connectivity index (χ1) is 9.73. The van der Waals surface area contributed by atoms with Gasteiger partial charge in [0.1, 0.15) is 0 Å². The van der Waals surface area contributed by atoms with Crippen molar-refractivity contribution in [1.29, 1.82) is 0 Å². The molecule has 20 heavy (non-hydrogen) atoms. The van der Waals surface area contributed by atoms with Gasteiger partial charge in [-0.1, -0.05) is 0 Å². The van der Waals surface area contributed by atoms with Crippen LogP contribution in [0, 0.1) is 11.8 Å². The molecule has 2 rings (SSSR count). The fourth-order valence-corrected chi connectivity index (χ4v) is 3.10. The molecule has 4 nitrogen and oxygen atoms in total. The topological polar surface area (TPSA) is 58.9 Å². The maximum Gasteiger partial charge on any atom is 0.0573 e. The molecule has 2 fully saturated rings. The Hall–Kier alpha value is -0.160. The predicted molar refractivity (Wildman–Crippen MR) is 79.7 cm³/mol. The summed E-state index contributed by atoms with van der Waals surface area (Å²) in [6.07, 6.45) is 10.0. The Morgan fingerprint density at radius 3 is 1.15 bits per heavy atom. The molecule has 0 aliphatic heterocycles. The summed E-state index contributed by atoms with van der Waals surface area (Å²) in [4.78, 5) is 0. The van der Waals surface area contributed by atoms with Gasteiger partial charge in [-0.05, 0) is 63.2 Å². The Labute approximate surface area is 123 Å². The zero-order valence-corrected chi connectivity index (χ0v) is 13.1. The summed E-state index contributed by atoms with van der Waals surface area (Å²) in [7, 11) is 3.58. The Morgan fingerprint density at radius 2 is 0.950 bits per heavy atom. The molecule has 0 amide bonds. The lowest BCUT2D eigenvalue weighted by Crippen LogP contribution is -2.24. The molecular weight excluding hydrogens is 256 g/mol. The normalized spacial score (nSPS) is 34.2. The summed E-state index contributed by atoms with van der Waals surface area (Å²) in [5.41, 5.74) is 0. The third-order valence-electron chi connectivity index (χ3n) is 4.77. The standard InChI is InChI=1S/2C8H16O2/c1-9-7-3-5-8(10-2)6-4-7;9-5-7-1-2-8(6-10)4-3-7/h7-8H,3-6H2,1-2H3;7-10H,1-6H2. The maximum atomic E-state index is 8.79. The van der Waals surface area contributed by atoms with Crippen LogP contribution in [0.5, 0.6) is 0 Å². The van der Waals surface area contributed by atoms with Crippen molar-refractivity contribution < 1.29 is 19.7 Å². The van der Waals surface area contributed by atoms with E-state index in [0.29, 0.717) is 37.3 Å². The van der Waals surface area contributed by atoms with Crippen molar-refractivity contribution in [2.24, 2.45) is 11.8 Å². The minimum absolute atomic E-state index is 0.331. The van der Waals surface area contributed by atoms with Crippen LogP contribution >= 0.6 is 0 Å². The van der Waals surface area contributed by atoms with Crippen LogP contribution in [-0.4, -0.2) is 49.9 Å². The third-order valence-corrected chi connectivity index (χ3v) is 4.77. The first-order valence-electron chi connectivity index (χ1n) is 8.00. The molecule has 0 saturated heterocycles. The summed E-state index contributed by atoms with van der Waals surface area (Å²) >= 11 is 0. The molecule has 2 aliphatic carbocycles. The van der Waals surface area contributed by atoms with Gasteiger partial charge in [-0.15, -0.1) is 0 Å². The lowest BCUT2D eigenvalue weighted by Gasteiger charge is -2.26. The smallest absolute Gasteiger partial charge is 0.0573 e. The molecule has 0 atom stereocenters. The molecule has 0 aromatic carbocycles. The van der Waals surface area contributed by atoms with Crippen molar-refractivity contribution in [3.8, 4) is 0 Å². The van der Waals surface area contributed by atoms with E-state index in [1.54, 1.807) is 14.2 Å². The number of methoxy groups -OCH3 is 2. The molecule has 0 aromatic heterocycles. The Balaban J connectivity index is 0.000000200. The van der Waals surface area contributed by atoms with Crippen LogP contribution in [0.3, 0.4) is 0 Å². The zero-order valence-electron chi connectivity index (χ0n) is 13.1. The number of hydrogen-bond acceptors (Lipinski definition) is 4. The van der Waals surface area contributed by atoms with Crippen LogP contribution < -0.4 is 0 Å². The highest BCUT2D eigenvalue weighted by Gasteiger charge is 2.20. The van der Waals surface area contributed by atoms with E-state index in [1.165, 1.54) is 0 Å². The van der Waals surface area contributed by atoms with Gasteiger partial charge >= 0.3 is 0 Å². The number of hydrogen-bond donors (Lipinski definition) is 2. The van der Waals surface area contributed by atoms with Gasteiger partial charge < -0.3 is 19.7 Å². The van der Waals surface area contributed by atoms with Crippen molar-refractivity contribution in [3.05, 3.63) is 0 Å². The van der Waals surface area contributed by atoms with Crippen LogP contribution in [0.15, 0.2) is 0 Å². The van der Waals surface area contributed by atoms with Gasteiger partial charge in [0.25, 0.3) is 0 Å². The number of aliphatic hydroxyl groups excluding tert-OH is 2. The summed E-state index contributed by atoms with van der Waals surface area (Å²) in [6, 6.07) is 0. The summed E-state index contributed by atoms with van der Waals surface area (Å²) in [6.45, 7) is 0.663. The molecule has 0 aromatic rings. The average Bonchev–Trinajstić information content (AvgIpc) is 2.55. The minimum Gasteiger partial charge on any atom is -0.396 e. The van der Waals surface area contributed by atoms with E-state index < -0.39 is 0 Å². The predicted octanol–water partition coefficient (Wildman–Crippen LogP) is 2.37. The molecule has 0 radical (unpaired) electrons. The van der Waals surface area contributed by atoms with Gasteiger partial charge in [0.15, 0.2) is 0 Å². The number of aliphatic hydroxyl groups is 2. The van der Waals surface area contributed by atoms with E-state index in [0.717, 1.165) is 51.4 Å². The SMILES string of the molecule is COC1CCC(OC)CC1.OCC1CCC(CO)CC1. The van der Waals surface area contributed by atoms with E-state index in [1.807, 2.05) is 0 Å². The van der Waals surface area contributed by atoms with Gasteiger partial charge in [0.05, 0.1) is 12.2 Å². The molecule has 0 heterocycles. The summed E-state index contributed by atoms with van der Waals surface area (Å²) < 4.78 is 10.5. The average molecular weight is 288 g/mol. The lowest BCUT2D eigenvalue weighted by atomic mass is 9.83. The van der Waals surface area contributed by atoms with Crippen molar-refractivity contribution in [2.45, 2.75) is 63.6 Å². The van der Waals surface area contributed by atoms with Crippen LogP contribution in [0.25, 0.3) is 0 Å². The van der Waals surface area contributed by atoms with Gasteiger partial charge in [0, 0.05) is 27.4 Å². The summed E-state index contributed by atoms with van der Waals surface area (Å²) in [5, 5.41) is 17.6. The number of ether oxygens (including phenoxy) is 2. The van der Waals surface area contributed by atoms with Crippen molar-refractivity contribution in [1.82, 2.24) is 0 Å². The largest absolute Gasteiger partial charge is 0.396 e. The van der Waals surface area contributed by atoms with E-state index in [-0.39, 0.29) is 0 Å². The highest BCUT2D eigenvalue weighted by Crippen LogP contribution is 2.27. The van der Waals surface area contributed by atoms with Gasteiger partial charge in [-0.25, -0.2) is 0 Å². The highest BCUT2D eigenvalue weighted by atomic mass is 16.5. The van der Waals surface area contributed by atoms with Gasteiger partial charge in [0.2, 0.25) is 0 Å². The van der Waals surface area contributed by atoms with E-state index in [4.69, 9.17) is 19.7 Å². The monoisotopic (exact) mass is 288 g/mol. The van der Waals surface area contributed by atoms with E-state index in [9.17, 15) is 0 Å². The molecule has 2 saturated carbocycles. The molecule has 0 unspecified atom stereocenters. The zero-order chi connectivity index (χ0) is 14.8. The molecule has 2 N–H and O–H groups in total. The van der Waals surface area contributed by atoms with E-state index >= 15 is 0 Å². The first kappa shape index (κ1) is 17.9. The van der Waals surface area contributed by atoms with Crippen molar-refractivity contribution in [3.63, 3.8) is 0 Å². The second-order valence-electron chi connectivity index (χ2n) is 6.12. The molecule has 120 valence electrons. The third kappa shape index (κ3) is 6.53. The lowest BCUT2D eigenvalue weighted by molar-refractivity contribution is 0.00454. The molecular formula is C16H32O4. The number of rotatable bonds is 4. The quantitative estimate of drug-likeness (QED) is 0.834. The highest BCUT2D eigenvalue weighted by molar-refractivity contribution is 4.72. The van der Waals surface area contributed by atoms with Crippen molar-refractivity contribution >= 4 is 0 Å². The van der Waals surface area contributed by atoms with Gasteiger partial charge in [-0.3, -0.25) is 0 Å². The minimum atomic E-state index is 0.331. The van der Waals surface area contributed by atoms with Crippen LogP contribution in [0.2, 0.25) is 0 Å². The van der Waals surface area contributed by atoms with Gasteiger partial charge in [-0.2, -0.15) is 0 Å². The Kier molecular flexibility index (Phi) is 9.44. The van der Waals surface area contributed by atoms with Crippen LogP contribution in [0.1, 0.15) is 51.4 Å². The fraction of sp³-hybridized carbons (Fsp3) is 1.00. The molecule has 0 spiro atoms. The maximum absolute atomic E-state index is 8.79. The summed E-state index contributed by atoms with van der Waals surface area (Å²) in [5.74, 6) is 1.03. The fourth-order valence-electron chi connectivity index (χ4n) is 3.10. The van der Waals surface area contributed by atoms with Crippen LogP contribution in [-0.2, 0) is 9.47 Å². The Morgan fingerprint density at radius 1 is 0.650 bits per heavy atom. The molecule has 0 bridgehead atoms. The molecule has 4 heteroatoms. The Bertz CT molecular complexity index is 171. The second-order valence-corrected chi connectivity index (χ2v) is 6.12. The van der Waals surface area contributed by atoms with Crippen molar-refractivity contribution in [2.75, 3.05) is 27.4 Å². The molecule has 2 aliphatic rings. The van der Waals surface area contributed by atoms with E-state index in [2.05, 4.69) is 0 Å². The first-order valence-corrected chi connectivity index (χ1v) is 8.00. The second kappa shape index (κ2) is 10.6. The van der Waals surface area contributed by atoms with Crippen LogP contribution in [0.4, 0.5) is 0 Å².